The second-order valence-corrected chi connectivity index (χ2v) is 6.83. The molecule has 0 amide bonds. The predicted molar refractivity (Wildman–Crippen MR) is 117 cm³/mol. The molecule has 1 heterocycles. The van der Waals surface area contributed by atoms with Crippen LogP contribution in [0.4, 0.5) is 0 Å². The molecule has 1 aromatic heterocycles. The van der Waals surface area contributed by atoms with E-state index in [2.05, 4.69) is 59.1 Å². The lowest BCUT2D eigenvalue weighted by Gasteiger charge is -2.14. The first-order chi connectivity index (χ1) is 14.2. The number of nitrogens with one attached hydrogen (secondary N) is 2. The van der Waals surface area contributed by atoms with Crippen LogP contribution < -0.4 is 15.4 Å². The zero-order chi connectivity index (χ0) is 20.5. The summed E-state index contributed by atoms with van der Waals surface area (Å²) in [4.78, 5) is 4.74. The molecule has 6 heteroatoms. The Morgan fingerprint density at radius 3 is 2.62 bits per heavy atom. The van der Waals surface area contributed by atoms with Crippen LogP contribution in [-0.4, -0.2) is 29.4 Å². The fourth-order valence-corrected chi connectivity index (χ4v) is 3.18. The summed E-state index contributed by atoms with van der Waals surface area (Å²) in [5, 5.41) is 11.1. The number of nitrogens with zero attached hydrogens (tertiary/aromatic N) is 3. The molecule has 6 nitrogen and oxygen atoms in total. The topological polar surface area (TPSA) is 63.5 Å². The third kappa shape index (κ3) is 5.85. The van der Waals surface area contributed by atoms with Crippen LogP contribution in [0.15, 0.2) is 65.9 Å². The van der Waals surface area contributed by atoms with E-state index < -0.39 is 0 Å². The van der Waals surface area contributed by atoms with Crippen LogP contribution in [-0.2, 0) is 19.6 Å². The SMILES string of the molecule is CCNC(=NCc1ccc(OC)c(C)c1)NCc1ccccc1Cn1cccn1. The number of aryl methyl sites for hydroxylation is 1. The highest BCUT2D eigenvalue weighted by molar-refractivity contribution is 5.79. The van der Waals surface area contributed by atoms with Crippen molar-refractivity contribution in [2.75, 3.05) is 13.7 Å². The maximum absolute atomic E-state index is 5.33. The van der Waals surface area contributed by atoms with Crippen LogP contribution in [0.5, 0.6) is 5.75 Å². The molecule has 152 valence electrons. The Morgan fingerprint density at radius 1 is 1.10 bits per heavy atom. The van der Waals surface area contributed by atoms with E-state index >= 15 is 0 Å². The number of aliphatic imine (C=N–C) groups is 1. The first kappa shape index (κ1) is 20.5. The molecule has 29 heavy (non-hydrogen) atoms. The van der Waals surface area contributed by atoms with Crippen LogP contribution in [0.25, 0.3) is 0 Å². The van der Waals surface area contributed by atoms with Gasteiger partial charge < -0.3 is 15.4 Å². The van der Waals surface area contributed by atoms with E-state index in [1.807, 2.05) is 29.9 Å². The van der Waals surface area contributed by atoms with Crippen molar-refractivity contribution in [3.8, 4) is 5.75 Å². The summed E-state index contributed by atoms with van der Waals surface area (Å²) in [6.45, 7) is 6.98. The molecule has 0 saturated carbocycles. The molecule has 0 spiro atoms. The highest BCUT2D eigenvalue weighted by Crippen LogP contribution is 2.18. The van der Waals surface area contributed by atoms with Gasteiger partial charge in [-0.05, 0) is 48.2 Å². The molecule has 0 radical (unpaired) electrons. The number of rotatable bonds is 8. The van der Waals surface area contributed by atoms with Crippen molar-refractivity contribution >= 4 is 5.96 Å². The van der Waals surface area contributed by atoms with Crippen LogP contribution >= 0.6 is 0 Å². The van der Waals surface area contributed by atoms with Crippen LogP contribution in [0, 0.1) is 6.92 Å². The number of aromatic nitrogens is 2. The second-order valence-electron chi connectivity index (χ2n) is 6.83. The summed E-state index contributed by atoms with van der Waals surface area (Å²) >= 11 is 0. The largest absolute Gasteiger partial charge is 0.496 e. The zero-order valence-corrected chi connectivity index (χ0v) is 17.4. The van der Waals surface area contributed by atoms with E-state index in [9.17, 15) is 0 Å². The predicted octanol–water partition coefficient (Wildman–Crippen LogP) is 3.50. The molecular formula is C23H29N5O. The minimum Gasteiger partial charge on any atom is -0.496 e. The summed E-state index contributed by atoms with van der Waals surface area (Å²) in [6, 6.07) is 16.5. The molecule has 3 rings (SSSR count). The van der Waals surface area contributed by atoms with E-state index in [0.29, 0.717) is 13.1 Å². The van der Waals surface area contributed by atoms with Crippen molar-refractivity contribution in [2.45, 2.75) is 33.5 Å². The normalized spacial score (nSPS) is 11.3. The Kier molecular flexibility index (Phi) is 7.28. The Morgan fingerprint density at radius 2 is 1.93 bits per heavy atom. The number of hydrogen-bond donors (Lipinski definition) is 2. The van der Waals surface area contributed by atoms with Crippen molar-refractivity contribution in [3.63, 3.8) is 0 Å². The summed E-state index contributed by atoms with van der Waals surface area (Å²) in [7, 11) is 1.69. The third-order valence-corrected chi connectivity index (χ3v) is 4.68. The first-order valence-electron chi connectivity index (χ1n) is 9.89. The van der Waals surface area contributed by atoms with E-state index in [1.165, 1.54) is 11.1 Å². The molecule has 0 saturated heterocycles. The van der Waals surface area contributed by atoms with Gasteiger partial charge >= 0.3 is 0 Å². The number of benzene rings is 2. The van der Waals surface area contributed by atoms with Gasteiger partial charge in [0, 0.05) is 25.5 Å². The molecule has 0 unspecified atom stereocenters. The van der Waals surface area contributed by atoms with Crippen LogP contribution in [0.1, 0.15) is 29.2 Å². The van der Waals surface area contributed by atoms with Crippen molar-refractivity contribution in [1.82, 2.24) is 20.4 Å². The molecule has 3 aromatic rings. The number of methoxy groups -OCH3 is 1. The minimum atomic E-state index is 0.606. The molecule has 2 N–H and O–H groups in total. The Hall–Kier alpha value is -3.28. The van der Waals surface area contributed by atoms with Crippen molar-refractivity contribution in [3.05, 3.63) is 83.2 Å². The number of hydrogen-bond acceptors (Lipinski definition) is 3. The molecule has 0 aliphatic heterocycles. The lowest BCUT2D eigenvalue weighted by Crippen LogP contribution is -2.37. The van der Waals surface area contributed by atoms with Gasteiger partial charge in [-0.15, -0.1) is 0 Å². The second kappa shape index (κ2) is 10.3. The van der Waals surface area contributed by atoms with Crippen LogP contribution in [0.3, 0.4) is 0 Å². The van der Waals surface area contributed by atoms with Gasteiger partial charge in [-0.25, -0.2) is 4.99 Å². The number of ether oxygens (including phenoxy) is 1. The zero-order valence-electron chi connectivity index (χ0n) is 17.4. The molecule has 0 atom stereocenters. The van der Waals surface area contributed by atoms with E-state index in [0.717, 1.165) is 35.9 Å². The lowest BCUT2D eigenvalue weighted by atomic mass is 10.1. The van der Waals surface area contributed by atoms with Gasteiger partial charge in [-0.3, -0.25) is 4.68 Å². The Balaban J connectivity index is 1.66. The van der Waals surface area contributed by atoms with Gasteiger partial charge in [0.05, 0.1) is 20.2 Å². The smallest absolute Gasteiger partial charge is 0.191 e. The summed E-state index contributed by atoms with van der Waals surface area (Å²) < 4.78 is 7.27. The highest BCUT2D eigenvalue weighted by Gasteiger charge is 2.05. The standard InChI is InChI=1S/C23H29N5O/c1-4-24-23(25-15-19-10-11-22(29-3)18(2)14-19)26-16-20-8-5-6-9-21(20)17-28-13-7-12-27-28/h5-14H,4,15-17H2,1-3H3,(H2,24,25,26). The van der Waals surface area contributed by atoms with E-state index in [4.69, 9.17) is 9.73 Å². The molecule has 0 aliphatic carbocycles. The average molecular weight is 392 g/mol. The highest BCUT2D eigenvalue weighted by atomic mass is 16.5. The fourth-order valence-electron chi connectivity index (χ4n) is 3.18. The molecule has 0 bridgehead atoms. The summed E-state index contributed by atoms with van der Waals surface area (Å²) in [6.07, 6.45) is 3.78. The Bertz CT molecular complexity index is 934. The van der Waals surface area contributed by atoms with Crippen molar-refractivity contribution < 1.29 is 4.74 Å². The summed E-state index contributed by atoms with van der Waals surface area (Å²) in [5.41, 5.74) is 4.74. The van der Waals surface area contributed by atoms with Gasteiger partial charge in [0.1, 0.15) is 5.75 Å². The van der Waals surface area contributed by atoms with E-state index in [-0.39, 0.29) is 0 Å². The fraction of sp³-hybridized carbons (Fsp3) is 0.304. The molecule has 0 fully saturated rings. The maximum Gasteiger partial charge on any atom is 0.191 e. The minimum absolute atomic E-state index is 0.606. The van der Waals surface area contributed by atoms with Gasteiger partial charge in [-0.1, -0.05) is 36.4 Å². The molecular weight excluding hydrogens is 362 g/mol. The maximum atomic E-state index is 5.33. The Labute approximate surface area is 172 Å². The van der Waals surface area contributed by atoms with Gasteiger partial charge in [0.15, 0.2) is 5.96 Å². The third-order valence-electron chi connectivity index (χ3n) is 4.68. The van der Waals surface area contributed by atoms with Gasteiger partial charge in [-0.2, -0.15) is 5.10 Å². The first-order valence-corrected chi connectivity index (χ1v) is 9.89. The van der Waals surface area contributed by atoms with Crippen molar-refractivity contribution in [1.29, 1.82) is 0 Å². The quantitative estimate of drug-likeness (QED) is 0.456. The summed E-state index contributed by atoms with van der Waals surface area (Å²) in [5.74, 6) is 1.70. The van der Waals surface area contributed by atoms with Crippen LogP contribution in [0.2, 0.25) is 0 Å². The lowest BCUT2D eigenvalue weighted by molar-refractivity contribution is 0.411. The van der Waals surface area contributed by atoms with E-state index in [1.54, 1.807) is 13.3 Å². The average Bonchev–Trinajstić information content (AvgIpc) is 3.24. The van der Waals surface area contributed by atoms with Gasteiger partial charge in [0.2, 0.25) is 0 Å². The molecule has 0 aliphatic rings. The van der Waals surface area contributed by atoms with Crippen molar-refractivity contribution in [2.24, 2.45) is 4.99 Å². The van der Waals surface area contributed by atoms with Gasteiger partial charge in [0.25, 0.3) is 0 Å². The molecule has 2 aromatic carbocycles. The monoisotopic (exact) mass is 391 g/mol. The number of guanidine groups is 1.